The van der Waals surface area contributed by atoms with Crippen molar-refractivity contribution < 1.29 is 33.4 Å². The number of hydrogen-bond donors (Lipinski definition) is 1. The molecule has 2 rings (SSSR count). The normalized spacial score (nSPS) is 21.7. The number of ether oxygens (including phenoxy) is 3. The van der Waals surface area contributed by atoms with Crippen molar-refractivity contribution in [1.29, 1.82) is 0 Å². The van der Waals surface area contributed by atoms with E-state index in [0.29, 0.717) is 6.29 Å². The summed E-state index contributed by atoms with van der Waals surface area (Å²) in [6.45, 7) is 6.66. The fourth-order valence-electron chi connectivity index (χ4n) is 2.31. The van der Waals surface area contributed by atoms with E-state index in [1.165, 1.54) is 12.2 Å². The van der Waals surface area contributed by atoms with Crippen LogP contribution in [0.3, 0.4) is 0 Å². The van der Waals surface area contributed by atoms with Crippen molar-refractivity contribution in [3.05, 3.63) is 36.8 Å². The summed E-state index contributed by atoms with van der Waals surface area (Å²) in [6.07, 6.45) is 2.25. The van der Waals surface area contributed by atoms with Crippen molar-refractivity contribution in [3.8, 4) is 0 Å². The van der Waals surface area contributed by atoms with Crippen LogP contribution in [0.1, 0.15) is 0 Å². The first-order valence-electron chi connectivity index (χ1n) is 7.02. The van der Waals surface area contributed by atoms with Crippen LogP contribution < -0.4 is 5.32 Å². The minimum atomic E-state index is -0.919. The summed E-state index contributed by atoms with van der Waals surface area (Å²) in [5.74, 6) is -1.74. The third kappa shape index (κ3) is 3.14. The van der Waals surface area contributed by atoms with Gasteiger partial charge < -0.3 is 19.5 Å². The van der Waals surface area contributed by atoms with Gasteiger partial charge in [-0.15, -0.1) is 0 Å². The highest BCUT2D eigenvalue weighted by atomic mass is 16.6. The van der Waals surface area contributed by atoms with Crippen LogP contribution >= 0.6 is 0 Å². The average molecular weight is 336 g/mol. The number of allylic oxidation sites excluding steroid dienone is 1. The Hall–Kier alpha value is -3.10. The molecule has 0 radical (unpaired) electrons. The Bertz CT molecular complexity index is 625. The molecule has 2 heterocycles. The highest BCUT2D eigenvalue weighted by molar-refractivity contribution is 6.04. The van der Waals surface area contributed by atoms with Gasteiger partial charge in [0.05, 0.1) is 0 Å². The van der Waals surface area contributed by atoms with E-state index >= 15 is 0 Å². The lowest BCUT2D eigenvalue weighted by molar-refractivity contribution is -0.160. The van der Waals surface area contributed by atoms with E-state index in [1.54, 1.807) is 0 Å². The van der Waals surface area contributed by atoms with Crippen LogP contribution in [0.2, 0.25) is 0 Å². The molecule has 1 fully saturated rings. The SMILES string of the molecule is C=CCOC(=O)N[C@@H]1C(=O)N2C(C(=O)OCC=C)=C(C=O)OC[C@H]12. The van der Waals surface area contributed by atoms with Gasteiger partial charge in [-0.25, -0.2) is 9.59 Å². The molecule has 1 saturated heterocycles. The lowest BCUT2D eigenvalue weighted by atomic mass is 9.93. The van der Waals surface area contributed by atoms with Crippen LogP contribution in [0.25, 0.3) is 0 Å². The number of β-lactam (4-membered cyclic amide) rings is 1. The van der Waals surface area contributed by atoms with Crippen molar-refractivity contribution in [2.75, 3.05) is 19.8 Å². The van der Waals surface area contributed by atoms with Gasteiger partial charge in [-0.3, -0.25) is 14.5 Å². The van der Waals surface area contributed by atoms with Crippen LogP contribution in [0.15, 0.2) is 36.8 Å². The zero-order chi connectivity index (χ0) is 17.7. The molecule has 1 N–H and O–H groups in total. The number of alkyl carbamates (subject to hydrolysis) is 1. The largest absolute Gasteiger partial charge is 0.486 e. The number of nitrogens with zero attached hydrogens (tertiary/aromatic N) is 1. The summed E-state index contributed by atoms with van der Waals surface area (Å²) in [7, 11) is 0. The molecule has 0 aromatic heterocycles. The molecule has 9 nitrogen and oxygen atoms in total. The molecule has 2 aliphatic rings. The molecular formula is C15H16N2O7. The molecule has 0 unspecified atom stereocenters. The predicted molar refractivity (Wildman–Crippen MR) is 79.3 cm³/mol. The van der Waals surface area contributed by atoms with E-state index in [0.717, 1.165) is 4.90 Å². The second kappa shape index (κ2) is 7.44. The Balaban J connectivity index is 2.12. The van der Waals surface area contributed by atoms with Gasteiger partial charge in [-0.1, -0.05) is 25.3 Å². The fourth-order valence-corrected chi connectivity index (χ4v) is 2.31. The van der Waals surface area contributed by atoms with Crippen molar-refractivity contribution in [1.82, 2.24) is 10.2 Å². The number of carbonyl (C=O) groups is 4. The van der Waals surface area contributed by atoms with Gasteiger partial charge >= 0.3 is 12.1 Å². The minimum Gasteiger partial charge on any atom is -0.486 e. The summed E-state index contributed by atoms with van der Waals surface area (Å²) in [4.78, 5) is 48.0. The lowest BCUT2D eigenvalue weighted by Gasteiger charge is -2.48. The molecule has 2 amide bonds. The maximum Gasteiger partial charge on any atom is 0.408 e. The van der Waals surface area contributed by atoms with E-state index < -0.39 is 30.1 Å². The highest BCUT2D eigenvalue weighted by Gasteiger charge is 2.55. The van der Waals surface area contributed by atoms with Gasteiger partial charge in [0.15, 0.2) is 17.7 Å². The zero-order valence-corrected chi connectivity index (χ0v) is 12.7. The van der Waals surface area contributed by atoms with E-state index in [9.17, 15) is 19.2 Å². The smallest absolute Gasteiger partial charge is 0.408 e. The van der Waals surface area contributed by atoms with Crippen molar-refractivity contribution in [2.24, 2.45) is 0 Å². The minimum absolute atomic E-state index is 0.00799. The molecule has 24 heavy (non-hydrogen) atoms. The molecule has 0 aromatic carbocycles. The molecule has 9 heteroatoms. The van der Waals surface area contributed by atoms with Crippen LogP contribution in [-0.2, 0) is 28.6 Å². The fraction of sp³-hybridized carbons (Fsp3) is 0.333. The van der Waals surface area contributed by atoms with Gasteiger partial charge in [0.2, 0.25) is 0 Å². The Morgan fingerprint density at radius 3 is 2.58 bits per heavy atom. The maximum absolute atomic E-state index is 12.3. The van der Waals surface area contributed by atoms with E-state index in [4.69, 9.17) is 14.2 Å². The number of esters is 1. The molecule has 2 aliphatic heterocycles. The standard InChI is InChI=1S/C15H16N2O7/c1-3-5-22-14(20)12-10(7-18)24-8-9-11(13(19)17(9)12)16-15(21)23-6-4-2/h3-4,7,9,11H,1-2,5-6,8H2,(H,16,21)/t9-,11+/m1/s1. The zero-order valence-electron chi connectivity index (χ0n) is 12.7. The number of amides is 2. The van der Waals surface area contributed by atoms with Crippen LogP contribution in [0.4, 0.5) is 4.79 Å². The van der Waals surface area contributed by atoms with Gasteiger partial charge in [0.1, 0.15) is 31.9 Å². The Morgan fingerprint density at radius 1 is 1.29 bits per heavy atom. The second-order valence-corrected chi connectivity index (χ2v) is 4.81. The topological polar surface area (TPSA) is 111 Å². The third-order valence-electron chi connectivity index (χ3n) is 3.34. The second-order valence-electron chi connectivity index (χ2n) is 4.81. The molecule has 0 aromatic rings. The molecule has 2 atom stereocenters. The molecule has 0 bridgehead atoms. The number of hydrogen-bond acceptors (Lipinski definition) is 7. The van der Waals surface area contributed by atoms with Crippen molar-refractivity contribution >= 4 is 24.3 Å². The number of aldehydes is 1. The number of carbonyl (C=O) groups excluding carboxylic acids is 4. The molecule has 0 saturated carbocycles. The first-order chi connectivity index (χ1) is 11.5. The van der Waals surface area contributed by atoms with E-state index in [2.05, 4.69) is 18.5 Å². The Labute approximate surface area is 137 Å². The van der Waals surface area contributed by atoms with Gasteiger partial charge in [-0.2, -0.15) is 0 Å². The Morgan fingerprint density at radius 2 is 1.96 bits per heavy atom. The quantitative estimate of drug-likeness (QED) is 0.293. The number of rotatable bonds is 7. The molecule has 0 spiro atoms. The van der Waals surface area contributed by atoms with Gasteiger partial charge in [0.25, 0.3) is 5.91 Å². The van der Waals surface area contributed by atoms with Crippen LogP contribution in [0.5, 0.6) is 0 Å². The predicted octanol–water partition coefficient (Wildman–Crippen LogP) is -0.352. The van der Waals surface area contributed by atoms with E-state index in [-0.39, 0.29) is 31.3 Å². The summed E-state index contributed by atoms with van der Waals surface area (Å²) >= 11 is 0. The Kier molecular flexibility index (Phi) is 5.35. The van der Waals surface area contributed by atoms with E-state index in [1.807, 2.05) is 0 Å². The van der Waals surface area contributed by atoms with Gasteiger partial charge in [-0.05, 0) is 0 Å². The number of nitrogens with one attached hydrogen (secondary N) is 1. The van der Waals surface area contributed by atoms with Crippen molar-refractivity contribution in [3.63, 3.8) is 0 Å². The molecule has 0 aliphatic carbocycles. The monoisotopic (exact) mass is 336 g/mol. The number of fused-ring (bicyclic) bond motifs is 1. The first kappa shape index (κ1) is 17.3. The highest BCUT2D eigenvalue weighted by Crippen LogP contribution is 2.32. The lowest BCUT2D eigenvalue weighted by Crippen LogP contribution is -2.73. The average Bonchev–Trinajstić information content (AvgIpc) is 2.60. The molecular weight excluding hydrogens is 320 g/mol. The summed E-state index contributed by atoms with van der Waals surface area (Å²) in [5, 5.41) is 2.38. The van der Waals surface area contributed by atoms with Crippen molar-refractivity contribution in [2.45, 2.75) is 12.1 Å². The van der Waals surface area contributed by atoms with Crippen LogP contribution in [0, 0.1) is 0 Å². The third-order valence-corrected chi connectivity index (χ3v) is 3.34. The summed E-state index contributed by atoms with van der Waals surface area (Å²) in [5.41, 5.74) is -0.286. The maximum atomic E-state index is 12.3. The summed E-state index contributed by atoms with van der Waals surface area (Å²) in [6, 6.07) is -1.55. The van der Waals surface area contributed by atoms with Gasteiger partial charge in [0, 0.05) is 0 Å². The summed E-state index contributed by atoms with van der Waals surface area (Å²) < 4.78 is 14.8. The first-order valence-corrected chi connectivity index (χ1v) is 7.02. The van der Waals surface area contributed by atoms with Crippen LogP contribution in [-0.4, -0.2) is 61.1 Å². The molecule has 128 valence electrons.